The Morgan fingerprint density at radius 3 is 2.26 bits per heavy atom. The van der Waals surface area contributed by atoms with Gasteiger partial charge in [-0.1, -0.05) is 57.2 Å². The number of fused-ring (bicyclic) bond motifs is 1. The van der Waals surface area contributed by atoms with Crippen molar-refractivity contribution in [2.75, 3.05) is 18.5 Å². The maximum Gasteiger partial charge on any atom is 0.163 e. The molecule has 0 unspecified atom stereocenters. The zero-order chi connectivity index (χ0) is 18.9. The first kappa shape index (κ1) is 17.5. The van der Waals surface area contributed by atoms with Crippen molar-refractivity contribution >= 4 is 11.4 Å². The number of rotatable bonds is 3. The third-order valence-electron chi connectivity index (χ3n) is 4.79. The molecule has 3 aromatic rings. The molecule has 0 aliphatic carbocycles. The van der Waals surface area contributed by atoms with Gasteiger partial charge in [-0.2, -0.15) is 0 Å². The lowest BCUT2D eigenvalue weighted by Crippen LogP contribution is -2.15. The molecule has 1 heterocycles. The predicted octanol–water partition coefficient (Wildman–Crippen LogP) is 6.17. The highest BCUT2D eigenvalue weighted by atomic mass is 16.6. The fraction of sp³-hybridized carbons (Fsp3) is 0.250. The fourth-order valence-electron chi connectivity index (χ4n) is 3.25. The van der Waals surface area contributed by atoms with Gasteiger partial charge in [0.1, 0.15) is 13.2 Å². The summed E-state index contributed by atoms with van der Waals surface area (Å²) in [6, 6.07) is 23.1. The number of nitrogens with one attached hydrogen (secondary N) is 1. The minimum Gasteiger partial charge on any atom is -0.486 e. The van der Waals surface area contributed by atoms with Gasteiger partial charge in [-0.05, 0) is 40.8 Å². The molecule has 0 fully saturated rings. The molecule has 3 aromatic carbocycles. The average molecular weight is 359 g/mol. The Bertz CT molecular complexity index is 942. The summed E-state index contributed by atoms with van der Waals surface area (Å²) >= 11 is 0. The summed E-state index contributed by atoms with van der Waals surface area (Å²) in [7, 11) is 0. The highest BCUT2D eigenvalue weighted by molar-refractivity contribution is 5.82. The van der Waals surface area contributed by atoms with Gasteiger partial charge in [0.05, 0.1) is 0 Å². The van der Waals surface area contributed by atoms with E-state index in [4.69, 9.17) is 9.47 Å². The third-order valence-corrected chi connectivity index (χ3v) is 4.79. The molecule has 0 atom stereocenters. The molecule has 0 radical (unpaired) electrons. The largest absolute Gasteiger partial charge is 0.486 e. The Labute approximate surface area is 161 Å². The van der Waals surface area contributed by atoms with Crippen LogP contribution < -0.4 is 14.8 Å². The molecule has 138 valence electrons. The van der Waals surface area contributed by atoms with Gasteiger partial charge in [-0.25, -0.2) is 0 Å². The van der Waals surface area contributed by atoms with Crippen LogP contribution in [0.15, 0.2) is 66.7 Å². The van der Waals surface area contributed by atoms with Crippen molar-refractivity contribution in [2.45, 2.75) is 26.2 Å². The van der Waals surface area contributed by atoms with Crippen LogP contribution in [0.1, 0.15) is 26.3 Å². The molecule has 27 heavy (non-hydrogen) atoms. The van der Waals surface area contributed by atoms with Gasteiger partial charge in [0.25, 0.3) is 0 Å². The van der Waals surface area contributed by atoms with Crippen LogP contribution in [-0.4, -0.2) is 13.2 Å². The molecular formula is C24H25NO2. The Balaban J connectivity index is 1.74. The standard InChI is InChI=1S/C24H25NO2/c1-24(2,3)18-9-11-21(20(15-18)17-7-5-4-6-8-17)25-19-10-12-22-23(16-19)27-14-13-26-22/h4-12,15-16,25H,13-14H2,1-3H3. The van der Waals surface area contributed by atoms with E-state index in [9.17, 15) is 0 Å². The molecule has 0 amide bonds. The predicted molar refractivity (Wildman–Crippen MR) is 111 cm³/mol. The first-order chi connectivity index (χ1) is 13.0. The molecule has 0 saturated heterocycles. The topological polar surface area (TPSA) is 30.5 Å². The van der Waals surface area contributed by atoms with Gasteiger partial charge in [0.2, 0.25) is 0 Å². The van der Waals surface area contributed by atoms with Gasteiger partial charge in [-0.15, -0.1) is 0 Å². The zero-order valence-corrected chi connectivity index (χ0v) is 16.1. The van der Waals surface area contributed by atoms with E-state index in [1.807, 2.05) is 24.3 Å². The lowest BCUT2D eigenvalue weighted by atomic mass is 9.85. The smallest absolute Gasteiger partial charge is 0.163 e. The van der Waals surface area contributed by atoms with E-state index < -0.39 is 0 Å². The molecule has 0 aromatic heterocycles. The zero-order valence-electron chi connectivity index (χ0n) is 16.1. The molecule has 0 bridgehead atoms. The minimum absolute atomic E-state index is 0.0963. The van der Waals surface area contributed by atoms with E-state index in [1.165, 1.54) is 16.7 Å². The van der Waals surface area contributed by atoms with Crippen LogP contribution >= 0.6 is 0 Å². The molecule has 0 saturated carbocycles. The molecule has 1 N–H and O–H groups in total. The summed E-state index contributed by atoms with van der Waals surface area (Å²) in [6.07, 6.45) is 0. The van der Waals surface area contributed by atoms with Crippen LogP contribution in [-0.2, 0) is 5.41 Å². The van der Waals surface area contributed by atoms with Gasteiger partial charge in [0, 0.05) is 23.0 Å². The van der Waals surface area contributed by atoms with E-state index in [2.05, 4.69) is 68.6 Å². The Hall–Kier alpha value is -2.94. The van der Waals surface area contributed by atoms with E-state index in [1.54, 1.807) is 0 Å². The van der Waals surface area contributed by atoms with Crippen molar-refractivity contribution in [3.05, 3.63) is 72.3 Å². The summed E-state index contributed by atoms with van der Waals surface area (Å²) < 4.78 is 11.3. The number of anilines is 2. The van der Waals surface area contributed by atoms with E-state index in [0.29, 0.717) is 13.2 Å². The Morgan fingerprint density at radius 2 is 1.52 bits per heavy atom. The second kappa shape index (κ2) is 6.99. The molecule has 0 spiro atoms. The number of benzene rings is 3. The maximum absolute atomic E-state index is 5.72. The molecule has 4 rings (SSSR count). The SMILES string of the molecule is CC(C)(C)c1ccc(Nc2ccc3c(c2)OCCO3)c(-c2ccccc2)c1. The molecule has 3 heteroatoms. The van der Waals surface area contributed by atoms with Crippen LogP contribution in [0.2, 0.25) is 0 Å². The Kier molecular flexibility index (Phi) is 4.53. The van der Waals surface area contributed by atoms with Crippen LogP contribution in [0.5, 0.6) is 11.5 Å². The number of hydrogen-bond acceptors (Lipinski definition) is 3. The minimum atomic E-state index is 0.0963. The number of ether oxygens (including phenoxy) is 2. The summed E-state index contributed by atoms with van der Waals surface area (Å²) in [4.78, 5) is 0. The van der Waals surface area contributed by atoms with Crippen molar-refractivity contribution in [3.63, 3.8) is 0 Å². The molecule has 3 nitrogen and oxygen atoms in total. The van der Waals surface area contributed by atoms with Crippen LogP contribution in [0.4, 0.5) is 11.4 Å². The van der Waals surface area contributed by atoms with E-state index in [0.717, 1.165) is 22.9 Å². The van der Waals surface area contributed by atoms with Gasteiger partial charge < -0.3 is 14.8 Å². The van der Waals surface area contributed by atoms with Crippen molar-refractivity contribution in [2.24, 2.45) is 0 Å². The summed E-state index contributed by atoms with van der Waals surface area (Å²) in [5.74, 6) is 1.59. The van der Waals surface area contributed by atoms with Crippen molar-refractivity contribution in [1.29, 1.82) is 0 Å². The summed E-state index contributed by atoms with van der Waals surface area (Å²) in [6.45, 7) is 7.92. The second-order valence-corrected chi connectivity index (χ2v) is 7.86. The maximum atomic E-state index is 5.72. The van der Waals surface area contributed by atoms with E-state index >= 15 is 0 Å². The van der Waals surface area contributed by atoms with Crippen LogP contribution in [0, 0.1) is 0 Å². The monoisotopic (exact) mass is 359 g/mol. The average Bonchev–Trinajstić information content (AvgIpc) is 2.68. The highest BCUT2D eigenvalue weighted by Crippen LogP contribution is 2.37. The van der Waals surface area contributed by atoms with Crippen molar-refractivity contribution < 1.29 is 9.47 Å². The third kappa shape index (κ3) is 3.77. The Morgan fingerprint density at radius 1 is 0.778 bits per heavy atom. The summed E-state index contributed by atoms with van der Waals surface area (Å²) in [5, 5.41) is 3.56. The van der Waals surface area contributed by atoms with Gasteiger partial charge in [0.15, 0.2) is 11.5 Å². The summed E-state index contributed by atoms with van der Waals surface area (Å²) in [5.41, 5.74) is 5.86. The first-order valence-electron chi connectivity index (χ1n) is 9.37. The van der Waals surface area contributed by atoms with Crippen molar-refractivity contribution in [3.8, 4) is 22.6 Å². The quantitative estimate of drug-likeness (QED) is 0.607. The lowest BCUT2D eigenvalue weighted by molar-refractivity contribution is 0.171. The van der Waals surface area contributed by atoms with Crippen molar-refractivity contribution in [1.82, 2.24) is 0 Å². The molecular weight excluding hydrogens is 334 g/mol. The molecule has 1 aliphatic heterocycles. The van der Waals surface area contributed by atoms with Crippen LogP contribution in [0.25, 0.3) is 11.1 Å². The first-order valence-corrected chi connectivity index (χ1v) is 9.37. The van der Waals surface area contributed by atoms with Gasteiger partial charge in [-0.3, -0.25) is 0 Å². The second-order valence-electron chi connectivity index (χ2n) is 7.86. The highest BCUT2D eigenvalue weighted by Gasteiger charge is 2.17. The van der Waals surface area contributed by atoms with E-state index in [-0.39, 0.29) is 5.41 Å². The normalized spacial score (nSPS) is 13.3. The fourth-order valence-corrected chi connectivity index (χ4v) is 3.25. The lowest BCUT2D eigenvalue weighted by Gasteiger charge is -2.23. The van der Waals surface area contributed by atoms with Crippen LogP contribution in [0.3, 0.4) is 0 Å². The molecule has 1 aliphatic rings. The number of hydrogen-bond donors (Lipinski definition) is 1. The van der Waals surface area contributed by atoms with Gasteiger partial charge >= 0.3 is 0 Å².